The molecular weight excluding hydrogens is 344 g/mol. The van der Waals surface area contributed by atoms with Crippen LogP contribution in [0.1, 0.15) is 38.1 Å². The Balaban J connectivity index is 1.92. The molecule has 27 heavy (non-hydrogen) atoms. The molecule has 0 heterocycles. The van der Waals surface area contributed by atoms with E-state index in [9.17, 15) is 14.4 Å². The van der Waals surface area contributed by atoms with Crippen LogP contribution in [0.15, 0.2) is 54.6 Å². The van der Waals surface area contributed by atoms with Crippen LogP contribution in [0.2, 0.25) is 0 Å². The van der Waals surface area contributed by atoms with Gasteiger partial charge in [-0.15, -0.1) is 0 Å². The number of nitrogens with one attached hydrogen (secondary N) is 2. The van der Waals surface area contributed by atoms with Crippen LogP contribution in [0.3, 0.4) is 0 Å². The topological polar surface area (TPSA) is 84.5 Å². The molecule has 0 fully saturated rings. The second kappa shape index (κ2) is 8.49. The maximum absolute atomic E-state index is 12.1. The molecule has 2 amide bonds. The van der Waals surface area contributed by atoms with Gasteiger partial charge in [0.1, 0.15) is 11.8 Å². The Morgan fingerprint density at radius 1 is 0.926 bits per heavy atom. The number of hydrogen-bond acceptors (Lipinski definition) is 4. The van der Waals surface area contributed by atoms with Gasteiger partial charge in [0.25, 0.3) is 5.91 Å². The normalized spacial score (nSPS) is 12.0. The van der Waals surface area contributed by atoms with E-state index in [0.717, 1.165) is 0 Å². The van der Waals surface area contributed by atoms with Crippen molar-refractivity contribution in [1.82, 2.24) is 5.32 Å². The molecular formula is C21H24N2O4. The fourth-order valence-corrected chi connectivity index (χ4v) is 2.08. The zero-order valence-corrected chi connectivity index (χ0v) is 15.9. The molecule has 0 saturated heterocycles. The molecule has 0 spiro atoms. The predicted octanol–water partition coefficient (Wildman–Crippen LogP) is 3.40. The van der Waals surface area contributed by atoms with E-state index in [0.29, 0.717) is 17.0 Å². The average Bonchev–Trinajstić information content (AvgIpc) is 2.63. The molecule has 0 bridgehead atoms. The minimum absolute atomic E-state index is 0.223. The number of esters is 1. The minimum atomic E-state index is -0.769. The zero-order chi connectivity index (χ0) is 20.0. The lowest BCUT2D eigenvalue weighted by molar-refractivity contribution is -0.140. The van der Waals surface area contributed by atoms with Gasteiger partial charge in [-0.05, 0) is 43.3 Å². The Morgan fingerprint density at radius 2 is 1.52 bits per heavy atom. The lowest BCUT2D eigenvalue weighted by Crippen LogP contribution is -2.45. The third-order valence-corrected chi connectivity index (χ3v) is 3.75. The van der Waals surface area contributed by atoms with Crippen LogP contribution in [0.5, 0.6) is 5.75 Å². The Morgan fingerprint density at radius 3 is 2.07 bits per heavy atom. The Bertz CT molecular complexity index is 808. The molecule has 6 heteroatoms. The van der Waals surface area contributed by atoms with Gasteiger partial charge in [-0.1, -0.05) is 39.0 Å². The SMILES string of the molecule is CC(NC(=O)C(C)(C)C)C(=O)Oc1ccc(NC(=O)c2ccccc2)cc1. The van der Waals surface area contributed by atoms with Crippen LogP contribution in [0.25, 0.3) is 0 Å². The van der Waals surface area contributed by atoms with E-state index in [1.807, 2.05) is 6.07 Å². The summed E-state index contributed by atoms with van der Waals surface area (Å²) in [5.41, 5.74) is 0.543. The predicted molar refractivity (Wildman–Crippen MR) is 104 cm³/mol. The van der Waals surface area contributed by atoms with Crippen LogP contribution in [-0.4, -0.2) is 23.8 Å². The van der Waals surface area contributed by atoms with Gasteiger partial charge in [0, 0.05) is 16.7 Å². The first-order valence-electron chi connectivity index (χ1n) is 8.66. The molecule has 2 aromatic carbocycles. The number of ether oxygens (including phenoxy) is 1. The zero-order valence-electron chi connectivity index (χ0n) is 15.9. The summed E-state index contributed by atoms with van der Waals surface area (Å²) in [5, 5.41) is 5.39. The summed E-state index contributed by atoms with van der Waals surface area (Å²) in [7, 11) is 0. The number of amides is 2. The highest BCUT2D eigenvalue weighted by Gasteiger charge is 2.26. The molecule has 2 N–H and O–H groups in total. The fraction of sp³-hybridized carbons (Fsp3) is 0.286. The number of hydrogen-bond donors (Lipinski definition) is 2. The van der Waals surface area contributed by atoms with E-state index in [2.05, 4.69) is 10.6 Å². The third-order valence-electron chi connectivity index (χ3n) is 3.75. The van der Waals surface area contributed by atoms with Crippen molar-refractivity contribution in [2.75, 3.05) is 5.32 Å². The smallest absolute Gasteiger partial charge is 0.333 e. The Hall–Kier alpha value is -3.15. The molecule has 1 atom stereocenters. The molecule has 6 nitrogen and oxygen atoms in total. The van der Waals surface area contributed by atoms with E-state index < -0.39 is 17.4 Å². The van der Waals surface area contributed by atoms with Crippen molar-refractivity contribution >= 4 is 23.5 Å². The van der Waals surface area contributed by atoms with Gasteiger partial charge in [0.15, 0.2) is 0 Å². The van der Waals surface area contributed by atoms with Crippen molar-refractivity contribution in [2.45, 2.75) is 33.7 Å². The highest BCUT2D eigenvalue weighted by molar-refractivity contribution is 6.04. The molecule has 142 valence electrons. The summed E-state index contributed by atoms with van der Waals surface area (Å²) in [6.45, 7) is 6.87. The fourth-order valence-electron chi connectivity index (χ4n) is 2.08. The van der Waals surface area contributed by atoms with Crippen molar-refractivity contribution in [3.05, 3.63) is 60.2 Å². The van der Waals surface area contributed by atoms with Crippen LogP contribution in [0, 0.1) is 5.41 Å². The molecule has 2 rings (SSSR count). The van der Waals surface area contributed by atoms with Gasteiger partial charge in [-0.2, -0.15) is 0 Å². The Kier molecular flexibility index (Phi) is 6.34. The first-order valence-corrected chi connectivity index (χ1v) is 8.66. The number of anilines is 1. The minimum Gasteiger partial charge on any atom is -0.425 e. The van der Waals surface area contributed by atoms with Gasteiger partial charge < -0.3 is 15.4 Å². The molecule has 2 aromatic rings. The number of rotatable bonds is 5. The second-order valence-corrected chi connectivity index (χ2v) is 7.21. The molecule has 0 saturated carbocycles. The van der Waals surface area contributed by atoms with Crippen molar-refractivity contribution in [3.8, 4) is 5.75 Å². The van der Waals surface area contributed by atoms with E-state index in [-0.39, 0.29) is 11.8 Å². The van der Waals surface area contributed by atoms with Crippen LogP contribution < -0.4 is 15.4 Å². The van der Waals surface area contributed by atoms with Crippen molar-refractivity contribution in [3.63, 3.8) is 0 Å². The highest BCUT2D eigenvalue weighted by Crippen LogP contribution is 2.18. The van der Waals surface area contributed by atoms with Gasteiger partial charge in [-0.25, -0.2) is 4.79 Å². The third kappa shape index (κ3) is 5.95. The monoisotopic (exact) mass is 368 g/mol. The van der Waals surface area contributed by atoms with Crippen LogP contribution >= 0.6 is 0 Å². The van der Waals surface area contributed by atoms with Crippen molar-refractivity contribution in [2.24, 2.45) is 5.41 Å². The van der Waals surface area contributed by atoms with Gasteiger partial charge >= 0.3 is 5.97 Å². The lowest BCUT2D eigenvalue weighted by atomic mass is 9.95. The maximum Gasteiger partial charge on any atom is 0.333 e. The van der Waals surface area contributed by atoms with Gasteiger partial charge in [-0.3, -0.25) is 9.59 Å². The first-order chi connectivity index (χ1) is 12.7. The highest BCUT2D eigenvalue weighted by atomic mass is 16.5. The summed E-state index contributed by atoms with van der Waals surface area (Å²) >= 11 is 0. The number of benzene rings is 2. The summed E-state index contributed by atoms with van der Waals surface area (Å²) in [6.07, 6.45) is 0. The lowest BCUT2D eigenvalue weighted by Gasteiger charge is -2.20. The maximum atomic E-state index is 12.1. The molecule has 0 aromatic heterocycles. The van der Waals surface area contributed by atoms with E-state index in [4.69, 9.17) is 4.74 Å². The summed E-state index contributed by atoms with van der Waals surface area (Å²) in [5.74, 6) is -0.687. The second-order valence-electron chi connectivity index (χ2n) is 7.21. The van der Waals surface area contributed by atoms with Crippen molar-refractivity contribution < 1.29 is 19.1 Å². The number of carbonyl (C=O) groups is 3. The van der Waals surface area contributed by atoms with Crippen molar-refractivity contribution in [1.29, 1.82) is 0 Å². The summed E-state index contributed by atoms with van der Waals surface area (Å²) in [6, 6.07) is 14.5. The molecule has 0 aliphatic carbocycles. The molecule has 0 aliphatic heterocycles. The number of carbonyl (C=O) groups excluding carboxylic acids is 3. The Labute approximate surface area is 158 Å². The van der Waals surface area contributed by atoms with E-state index in [1.165, 1.54) is 0 Å². The molecule has 1 unspecified atom stereocenters. The van der Waals surface area contributed by atoms with Gasteiger partial charge in [0.05, 0.1) is 0 Å². The van der Waals surface area contributed by atoms with Gasteiger partial charge in [0.2, 0.25) is 5.91 Å². The standard InChI is InChI=1S/C21H24N2O4/c1-14(22-20(26)21(2,3)4)19(25)27-17-12-10-16(11-13-17)23-18(24)15-8-6-5-7-9-15/h5-14H,1-4H3,(H,22,26)(H,23,24). The largest absolute Gasteiger partial charge is 0.425 e. The van der Waals surface area contributed by atoms with Crippen LogP contribution in [-0.2, 0) is 9.59 Å². The first kappa shape index (κ1) is 20.2. The average molecular weight is 368 g/mol. The van der Waals surface area contributed by atoms with E-state index in [1.54, 1.807) is 76.2 Å². The van der Waals surface area contributed by atoms with Crippen LogP contribution in [0.4, 0.5) is 5.69 Å². The molecule has 0 aliphatic rings. The summed E-state index contributed by atoms with van der Waals surface area (Å²) in [4.78, 5) is 36.2. The quantitative estimate of drug-likeness (QED) is 0.626. The van der Waals surface area contributed by atoms with E-state index >= 15 is 0 Å². The summed E-state index contributed by atoms with van der Waals surface area (Å²) < 4.78 is 5.27. The molecule has 0 radical (unpaired) electrons.